The quantitative estimate of drug-likeness (QED) is 0.785. The van der Waals surface area contributed by atoms with Gasteiger partial charge in [0.2, 0.25) is 0 Å². The van der Waals surface area contributed by atoms with E-state index in [1.807, 2.05) is 4.90 Å². The third kappa shape index (κ3) is 1.90. The highest BCUT2D eigenvalue weighted by Crippen LogP contribution is 2.43. The van der Waals surface area contributed by atoms with E-state index < -0.39 is 0 Å². The molecule has 1 aromatic heterocycles. The van der Waals surface area contributed by atoms with E-state index in [9.17, 15) is 4.79 Å². The number of aromatic nitrogens is 3. The van der Waals surface area contributed by atoms with Gasteiger partial charge in [-0.05, 0) is 26.2 Å². The van der Waals surface area contributed by atoms with Crippen LogP contribution >= 0.6 is 0 Å². The van der Waals surface area contributed by atoms with Crippen molar-refractivity contribution >= 4 is 6.03 Å². The highest BCUT2D eigenvalue weighted by Gasteiger charge is 2.49. The molecule has 1 saturated heterocycles. The molecule has 0 radical (unpaired) electrons. The van der Waals surface area contributed by atoms with Crippen LogP contribution in [0.3, 0.4) is 0 Å². The van der Waals surface area contributed by atoms with Crippen LogP contribution in [-0.2, 0) is 4.74 Å². The summed E-state index contributed by atoms with van der Waals surface area (Å²) in [5, 5.41) is 3.88. The Balaban J connectivity index is 1.61. The van der Waals surface area contributed by atoms with E-state index in [2.05, 4.69) is 23.9 Å². The first-order valence-corrected chi connectivity index (χ1v) is 6.44. The number of likely N-dealkylation sites (tertiary alicyclic amines) is 1. The Bertz CT molecular complexity index is 431. The van der Waals surface area contributed by atoms with Gasteiger partial charge in [0, 0.05) is 19.0 Å². The van der Waals surface area contributed by atoms with Crippen molar-refractivity contribution in [1.82, 2.24) is 19.7 Å². The molecule has 98 valence electrons. The molecule has 0 spiro atoms. The maximum Gasteiger partial charge on any atom is 0.346 e. The SMILES string of the molecule is CC(C)OC1CC2CN(C(=O)n3cncn3)CC21. The van der Waals surface area contributed by atoms with Gasteiger partial charge in [-0.15, -0.1) is 0 Å². The van der Waals surface area contributed by atoms with Crippen LogP contribution in [0.15, 0.2) is 12.7 Å². The standard InChI is InChI=1S/C12H18N4O2/c1-8(2)18-11-3-9-4-15(5-10(9)11)12(17)16-7-13-6-14-16/h6-11H,3-5H2,1-2H3. The van der Waals surface area contributed by atoms with Gasteiger partial charge in [0.15, 0.2) is 0 Å². The summed E-state index contributed by atoms with van der Waals surface area (Å²) < 4.78 is 7.14. The van der Waals surface area contributed by atoms with Crippen LogP contribution < -0.4 is 0 Å². The lowest BCUT2D eigenvalue weighted by molar-refractivity contribution is -0.0931. The van der Waals surface area contributed by atoms with E-state index in [-0.39, 0.29) is 12.1 Å². The number of nitrogens with zero attached hydrogens (tertiary/aromatic N) is 4. The smallest absolute Gasteiger partial charge is 0.346 e. The molecular weight excluding hydrogens is 232 g/mol. The van der Waals surface area contributed by atoms with Gasteiger partial charge in [-0.25, -0.2) is 9.78 Å². The fraction of sp³-hybridized carbons (Fsp3) is 0.750. The van der Waals surface area contributed by atoms with Crippen molar-refractivity contribution in [1.29, 1.82) is 0 Å². The number of hydrogen-bond acceptors (Lipinski definition) is 4. The zero-order valence-electron chi connectivity index (χ0n) is 10.7. The Hall–Kier alpha value is -1.43. The predicted molar refractivity (Wildman–Crippen MR) is 64.0 cm³/mol. The lowest BCUT2D eigenvalue weighted by Gasteiger charge is -2.39. The van der Waals surface area contributed by atoms with E-state index in [1.165, 1.54) is 17.3 Å². The minimum absolute atomic E-state index is 0.0785. The van der Waals surface area contributed by atoms with Crippen LogP contribution in [0.25, 0.3) is 0 Å². The fourth-order valence-corrected chi connectivity index (χ4v) is 2.96. The predicted octanol–water partition coefficient (Wildman–Crippen LogP) is 0.992. The summed E-state index contributed by atoms with van der Waals surface area (Å²) in [4.78, 5) is 17.8. The summed E-state index contributed by atoms with van der Waals surface area (Å²) in [6.07, 6.45) is 4.49. The minimum Gasteiger partial charge on any atom is -0.375 e. The number of carbonyl (C=O) groups excluding carboxylic acids is 1. The van der Waals surface area contributed by atoms with Crippen LogP contribution in [0, 0.1) is 11.8 Å². The van der Waals surface area contributed by atoms with Gasteiger partial charge in [-0.3, -0.25) is 0 Å². The average Bonchev–Trinajstić information content (AvgIpc) is 2.92. The number of amides is 1. The van der Waals surface area contributed by atoms with E-state index in [1.54, 1.807) is 0 Å². The van der Waals surface area contributed by atoms with E-state index >= 15 is 0 Å². The largest absolute Gasteiger partial charge is 0.375 e. The Morgan fingerprint density at radius 3 is 2.94 bits per heavy atom. The molecule has 1 aliphatic carbocycles. The average molecular weight is 250 g/mol. The highest BCUT2D eigenvalue weighted by atomic mass is 16.5. The molecule has 0 bridgehead atoms. The first-order chi connectivity index (χ1) is 8.65. The fourth-order valence-electron chi connectivity index (χ4n) is 2.96. The molecule has 18 heavy (non-hydrogen) atoms. The monoisotopic (exact) mass is 250 g/mol. The van der Waals surface area contributed by atoms with Gasteiger partial charge in [-0.1, -0.05) is 0 Å². The van der Waals surface area contributed by atoms with Gasteiger partial charge in [0.25, 0.3) is 0 Å². The number of carbonyl (C=O) groups is 1. The molecule has 0 aromatic carbocycles. The van der Waals surface area contributed by atoms with E-state index in [0.29, 0.717) is 17.9 Å². The highest BCUT2D eigenvalue weighted by molar-refractivity contribution is 5.76. The molecule has 3 unspecified atom stereocenters. The molecule has 0 N–H and O–H groups in total. The summed E-state index contributed by atoms with van der Waals surface area (Å²) in [6, 6.07) is -0.0785. The summed E-state index contributed by atoms with van der Waals surface area (Å²) in [5.41, 5.74) is 0. The first-order valence-electron chi connectivity index (χ1n) is 6.44. The summed E-state index contributed by atoms with van der Waals surface area (Å²) in [7, 11) is 0. The molecule has 1 aliphatic heterocycles. The van der Waals surface area contributed by atoms with Gasteiger partial charge in [0.05, 0.1) is 12.2 Å². The van der Waals surface area contributed by atoms with Crippen molar-refractivity contribution in [3.05, 3.63) is 12.7 Å². The number of fused-ring (bicyclic) bond motifs is 1. The zero-order valence-corrected chi connectivity index (χ0v) is 10.7. The van der Waals surface area contributed by atoms with Crippen molar-refractivity contribution in [2.45, 2.75) is 32.5 Å². The molecule has 3 atom stereocenters. The summed E-state index contributed by atoms with van der Waals surface area (Å²) >= 11 is 0. The third-order valence-corrected chi connectivity index (χ3v) is 3.84. The molecule has 1 amide bonds. The second kappa shape index (κ2) is 4.35. The van der Waals surface area contributed by atoms with Crippen LogP contribution in [0.4, 0.5) is 4.79 Å². The molecule has 2 fully saturated rings. The molecule has 6 nitrogen and oxygen atoms in total. The van der Waals surface area contributed by atoms with Crippen molar-refractivity contribution < 1.29 is 9.53 Å². The van der Waals surface area contributed by atoms with Gasteiger partial charge in [-0.2, -0.15) is 9.78 Å². The Labute approximate surface area is 106 Å². The topological polar surface area (TPSA) is 60.2 Å². The van der Waals surface area contributed by atoms with Gasteiger partial charge >= 0.3 is 6.03 Å². The lowest BCUT2D eigenvalue weighted by atomic mass is 9.73. The van der Waals surface area contributed by atoms with Crippen LogP contribution in [0.5, 0.6) is 0 Å². The summed E-state index contributed by atoms with van der Waals surface area (Å²) in [5.74, 6) is 1.10. The molecule has 6 heteroatoms. The summed E-state index contributed by atoms with van der Waals surface area (Å²) in [6.45, 7) is 5.71. The van der Waals surface area contributed by atoms with Gasteiger partial charge in [0.1, 0.15) is 12.7 Å². The number of ether oxygens (including phenoxy) is 1. The third-order valence-electron chi connectivity index (χ3n) is 3.84. The van der Waals surface area contributed by atoms with Crippen molar-refractivity contribution in [2.24, 2.45) is 11.8 Å². The van der Waals surface area contributed by atoms with Crippen LogP contribution in [-0.4, -0.2) is 51.0 Å². The second-order valence-electron chi connectivity index (χ2n) is 5.41. The Kier molecular flexibility index (Phi) is 2.81. The zero-order chi connectivity index (χ0) is 12.7. The minimum atomic E-state index is -0.0785. The van der Waals surface area contributed by atoms with Crippen molar-refractivity contribution in [3.63, 3.8) is 0 Å². The van der Waals surface area contributed by atoms with Crippen molar-refractivity contribution in [3.8, 4) is 0 Å². The molecule has 1 saturated carbocycles. The lowest BCUT2D eigenvalue weighted by Crippen LogP contribution is -2.43. The number of hydrogen-bond donors (Lipinski definition) is 0. The second-order valence-corrected chi connectivity index (χ2v) is 5.41. The normalized spacial score (nSPS) is 30.4. The number of rotatable bonds is 2. The Morgan fingerprint density at radius 2 is 2.28 bits per heavy atom. The Morgan fingerprint density at radius 1 is 1.44 bits per heavy atom. The van der Waals surface area contributed by atoms with Crippen molar-refractivity contribution in [2.75, 3.05) is 13.1 Å². The molecule has 2 heterocycles. The molecule has 1 aromatic rings. The van der Waals surface area contributed by atoms with E-state index in [0.717, 1.165) is 19.5 Å². The molecule has 2 aliphatic rings. The van der Waals surface area contributed by atoms with E-state index in [4.69, 9.17) is 4.74 Å². The first kappa shape index (κ1) is 11.6. The molecular formula is C12H18N4O2. The maximum atomic E-state index is 12.1. The molecule has 3 rings (SSSR count). The van der Waals surface area contributed by atoms with Crippen LogP contribution in [0.2, 0.25) is 0 Å². The van der Waals surface area contributed by atoms with Crippen LogP contribution in [0.1, 0.15) is 20.3 Å². The maximum absolute atomic E-state index is 12.1. The van der Waals surface area contributed by atoms with Gasteiger partial charge < -0.3 is 9.64 Å².